The number of carbonyl (C=O) groups is 1. The van der Waals surface area contributed by atoms with Crippen molar-refractivity contribution in [3.8, 4) is 0 Å². The second-order valence-corrected chi connectivity index (χ2v) is 5.20. The minimum Gasteiger partial charge on any atom is -0.376 e. The molecule has 0 heterocycles. The molecule has 0 atom stereocenters. The van der Waals surface area contributed by atoms with Gasteiger partial charge in [0.1, 0.15) is 0 Å². The summed E-state index contributed by atoms with van der Waals surface area (Å²) >= 11 is 0. The molecule has 0 aromatic heterocycles. The quantitative estimate of drug-likeness (QED) is 0.889. The van der Waals surface area contributed by atoms with E-state index in [-0.39, 0.29) is 18.1 Å². The summed E-state index contributed by atoms with van der Waals surface area (Å²) in [5, 5.41) is 5.18. The number of benzene rings is 1. The van der Waals surface area contributed by atoms with Gasteiger partial charge in [0.2, 0.25) is 5.91 Å². The summed E-state index contributed by atoms with van der Waals surface area (Å²) < 4.78 is 38.1. The van der Waals surface area contributed by atoms with Gasteiger partial charge < -0.3 is 10.6 Å². The van der Waals surface area contributed by atoms with Crippen LogP contribution in [0.25, 0.3) is 0 Å². The molecule has 0 spiro atoms. The summed E-state index contributed by atoms with van der Waals surface area (Å²) in [6, 6.07) is 5.07. The van der Waals surface area contributed by atoms with Crippen molar-refractivity contribution in [3.63, 3.8) is 0 Å². The van der Waals surface area contributed by atoms with Gasteiger partial charge in [0.25, 0.3) is 0 Å². The van der Waals surface area contributed by atoms with E-state index >= 15 is 0 Å². The fourth-order valence-electron chi connectivity index (χ4n) is 1.52. The van der Waals surface area contributed by atoms with E-state index in [0.717, 1.165) is 6.07 Å². The molecule has 0 fully saturated rings. The van der Waals surface area contributed by atoms with Gasteiger partial charge in [0.05, 0.1) is 12.1 Å². The van der Waals surface area contributed by atoms with Crippen LogP contribution in [-0.2, 0) is 11.0 Å². The van der Waals surface area contributed by atoms with Crippen molar-refractivity contribution in [2.24, 2.45) is 0 Å². The van der Waals surface area contributed by atoms with Crippen LogP contribution in [0.3, 0.4) is 0 Å². The summed E-state index contributed by atoms with van der Waals surface area (Å²) in [5.41, 5.74) is -1.29. The molecule has 106 valence electrons. The Labute approximate surface area is 110 Å². The average molecular weight is 274 g/mol. The number of alkyl halides is 3. The van der Waals surface area contributed by atoms with Crippen LogP contribution in [0.5, 0.6) is 0 Å². The normalized spacial score (nSPS) is 12.1. The van der Waals surface area contributed by atoms with Gasteiger partial charge in [-0.2, -0.15) is 13.2 Å². The molecule has 0 saturated carbocycles. The third kappa shape index (κ3) is 5.19. The highest BCUT2D eigenvalue weighted by Crippen LogP contribution is 2.34. The molecule has 0 unspecified atom stereocenters. The second-order valence-electron chi connectivity index (χ2n) is 5.20. The zero-order chi connectivity index (χ0) is 14.7. The Morgan fingerprint density at radius 2 is 1.74 bits per heavy atom. The van der Waals surface area contributed by atoms with E-state index in [9.17, 15) is 18.0 Å². The van der Waals surface area contributed by atoms with Crippen LogP contribution in [0.4, 0.5) is 18.9 Å². The number of carbonyl (C=O) groups excluding carboxylic acids is 1. The maximum Gasteiger partial charge on any atom is 0.418 e. The molecule has 6 heteroatoms. The lowest BCUT2D eigenvalue weighted by molar-refractivity contribution is -0.137. The van der Waals surface area contributed by atoms with E-state index < -0.39 is 17.3 Å². The highest BCUT2D eigenvalue weighted by molar-refractivity contribution is 5.81. The van der Waals surface area contributed by atoms with Crippen LogP contribution < -0.4 is 10.6 Å². The molecular formula is C13H17F3N2O. The molecule has 0 saturated heterocycles. The Bertz CT molecular complexity index is 450. The molecule has 19 heavy (non-hydrogen) atoms. The predicted molar refractivity (Wildman–Crippen MR) is 67.8 cm³/mol. The Hall–Kier alpha value is -1.72. The van der Waals surface area contributed by atoms with Gasteiger partial charge in [-0.05, 0) is 32.9 Å². The van der Waals surface area contributed by atoms with Crippen molar-refractivity contribution in [3.05, 3.63) is 29.8 Å². The lowest BCUT2D eigenvalue weighted by Gasteiger charge is -2.21. The first-order valence-electron chi connectivity index (χ1n) is 5.81. The van der Waals surface area contributed by atoms with E-state index in [1.807, 2.05) is 0 Å². The molecule has 3 nitrogen and oxygen atoms in total. The van der Waals surface area contributed by atoms with E-state index in [2.05, 4.69) is 10.6 Å². The molecule has 1 rings (SSSR count). The molecule has 0 radical (unpaired) electrons. The fourth-order valence-corrected chi connectivity index (χ4v) is 1.52. The van der Waals surface area contributed by atoms with Gasteiger partial charge in [-0.15, -0.1) is 0 Å². The Balaban J connectivity index is 2.71. The molecule has 1 aromatic rings. The highest BCUT2D eigenvalue weighted by Gasteiger charge is 2.33. The van der Waals surface area contributed by atoms with Gasteiger partial charge in [-0.3, -0.25) is 4.79 Å². The zero-order valence-corrected chi connectivity index (χ0v) is 11.1. The fraction of sp³-hybridized carbons (Fsp3) is 0.462. The topological polar surface area (TPSA) is 41.1 Å². The third-order valence-corrected chi connectivity index (χ3v) is 2.19. The number of rotatable bonds is 3. The Kier molecular flexibility index (Phi) is 4.44. The number of para-hydroxylation sites is 1. The van der Waals surface area contributed by atoms with Gasteiger partial charge in [-0.25, -0.2) is 0 Å². The smallest absolute Gasteiger partial charge is 0.376 e. The van der Waals surface area contributed by atoms with Crippen molar-refractivity contribution in [1.29, 1.82) is 0 Å². The summed E-state index contributed by atoms with van der Waals surface area (Å²) in [6.07, 6.45) is -4.44. The van der Waals surface area contributed by atoms with Gasteiger partial charge >= 0.3 is 6.18 Å². The van der Waals surface area contributed by atoms with Crippen molar-refractivity contribution >= 4 is 11.6 Å². The molecule has 0 bridgehead atoms. The Morgan fingerprint density at radius 1 is 1.16 bits per heavy atom. The van der Waals surface area contributed by atoms with Crippen LogP contribution in [0.15, 0.2) is 24.3 Å². The number of hydrogen-bond acceptors (Lipinski definition) is 2. The van der Waals surface area contributed by atoms with Crippen LogP contribution in [0, 0.1) is 0 Å². The van der Waals surface area contributed by atoms with Crippen LogP contribution in [0.1, 0.15) is 26.3 Å². The maximum absolute atomic E-state index is 12.7. The third-order valence-electron chi connectivity index (χ3n) is 2.19. The van der Waals surface area contributed by atoms with Crippen molar-refractivity contribution in [1.82, 2.24) is 5.32 Å². The molecule has 0 aliphatic heterocycles. The van der Waals surface area contributed by atoms with E-state index in [0.29, 0.717) is 0 Å². The van der Waals surface area contributed by atoms with Crippen LogP contribution >= 0.6 is 0 Å². The second kappa shape index (κ2) is 5.50. The number of hydrogen-bond donors (Lipinski definition) is 2. The minimum atomic E-state index is -4.44. The summed E-state index contributed by atoms with van der Waals surface area (Å²) in [5.74, 6) is -0.357. The average Bonchev–Trinajstić information content (AvgIpc) is 2.23. The van der Waals surface area contributed by atoms with Crippen molar-refractivity contribution in [2.45, 2.75) is 32.5 Å². The van der Waals surface area contributed by atoms with Crippen molar-refractivity contribution in [2.75, 3.05) is 11.9 Å². The predicted octanol–water partition coefficient (Wildman–Crippen LogP) is 3.03. The van der Waals surface area contributed by atoms with E-state index in [1.165, 1.54) is 18.2 Å². The zero-order valence-electron chi connectivity index (χ0n) is 11.1. The van der Waals surface area contributed by atoms with Crippen molar-refractivity contribution < 1.29 is 18.0 Å². The SMILES string of the molecule is CC(C)(C)NC(=O)CNc1ccccc1C(F)(F)F. The van der Waals surface area contributed by atoms with Gasteiger partial charge in [0, 0.05) is 11.2 Å². The first-order valence-corrected chi connectivity index (χ1v) is 5.81. The largest absolute Gasteiger partial charge is 0.418 e. The molecule has 0 aliphatic rings. The minimum absolute atomic E-state index is 0.0981. The summed E-state index contributed by atoms with van der Waals surface area (Å²) in [7, 11) is 0. The first kappa shape index (κ1) is 15.3. The monoisotopic (exact) mass is 274 g/mol. The number of amides is 1. The van der Waals surface area contributed by atoms with Crippen LogP contribution in [-0.4, -0.2) is 18.0 Å². The molecular weight excluding hydrogens is 257 g/mol. The number of nitrogens with one attached hydrogen (secondary N) is 2. The molecule has 0 aliphatic carbocycles. The van der Waals surface area contributed by atoms with E-state index in [4.69, 9.17) is 0 Å². The molecule has 2 N–H and O–H groups in total. The molecule has 1 aromatic carbocycles. The number of halogens is 3. The lowest BCUT2D eigenvalue weighted by atomic mass is 10.1. The van der Waals surface area contributed by atoms with E-state index in [1.54, 1.807) is 20.8 Å². The van der Waals surface area contributed by atoms with Gasteiger partial charge in [-0.1, -0.05) is 12.1 Å². The lowest BCUT2D eigenvalue weighted by Crippen LogP contribution is -2.43. The summed E-state index contributed by atoms with van der Waals surface area (Å²) in [6.45, 7) is 5.20. The first-order chi connectivity index (χ1) is 8.59. The Morgan fingerprint density at radius 3 is 2.26 bits per heavy atom. The van der Waals surface area contributed by atoms with Gasteiger partial charge in [0.15, 0.2) is 0 Å². The number of anilines is 1. The molecule has 1 amide bonds. The summed E-state index contributed by atoms with van der Waals surface area (Å²) in [4.78, 5) is 11.5. The highest BCUT2D eigenvalue weighted by atomic mass is 19.4. The standard InChI is InChI=1S/C13H17F3N2O/c1-12(2,3)18-11(19)8-17-10-7-5-4-6-9(10)13(14,15)16/h4-7,17H,8H2,1-3H3,(H,18,19). The van der Waals surface area contributed by atoms with Crippen LogP contribution in [0.2, 0.25) is 0 Å². The maximum atomic E-state index is 12.7.